The van der Waals surface area contributed by atoms with Crippen LogP contribution in [0.4, 0.5) is 11.4 Å². The first kappa shape index (κ1) is 16.6. The molecule has 0 fully saturated rings. The van der Waals surface area contributed by atoms with E-state index in [9.17, 15) is 14.9 Å². The van der Waals surface area contributed by atoms with Gasteiger partial charge in [-0.25, -0.2) is 0 Å². The van der Waals surface area contributed by atoms with Gasteiger partial charge in [-0.2, -0.15) is 0 Å². The number of nitro benzene ring substituents is 1. The molecule has 0 aromatic heterocycles. The quantitative estimate of drug-likeness (QED) is 0.512. The average Bonchev–Trinajstić information content (AvgIpc) is 2.49. The van der Waals surface area contributed by atoms with Gasteiger partial charge in [-0.15, -0.1) is 0 Å². The molecule has 0 unspecified atom stereocenters. The number of carbonyl (C=O) groups is 1. The summed E-state index contributed by atoms with van der Waals surface area (Å²) in [4.78, 5) is 22.4. The fraction of sp³-hybridized carbons (Fsp3) is 0.125. The normalized spacial score (nSPS) is 9.96. The summed E-state index contributed by atoms with van der Waals surface area (Å²) < 4.78 is 0. The van der Waals surface area contributed by atoms with E-state index >= 15 is 0 Å². The fourth-order valence-electron chi connectivity index (χ4n) is 2.06. The lowest BCUT2D eigenvalue weighted by Gasteiger charge is -2.11. The maximum atomic E-state index is 11.9. The van der Waals surface area contributed by atoms with Crippen molar-refractivity contribution < 1.29 is 9.72 Å². The lowest BCUT2D eigenvalue weighted by atomic mass is 10.1. The molecule has 23 heavy (non-hydrogen) atoms. The van der Waals surface area contributed by atoms with E-state index in [1.807, 2.05) is 30.3 Å². The van der Waals surface area contributed by atoms with E-state index in [0.717, 1.165) is 5.56 Å². The number of nitrogens with zero attached hydrogens (tertiary/aromatic N) is 1. The Morgan fingerprint density at radius 3 is 2.52 bits per heavy atom. The van der Waals surface area contributed by atoms with E-state index in [2.05, 4.69) is 10.6 Å². The average molecular weight is 329 g/mol. The lowest BCUT2D eigenvalue weighted by Crippen LogP contribution is -2.35. The molecule has 0 atom stereocenters. The zero-order valence-corrected chi connectivity index (χ0v) is 13.2. The third kappa shape index (κ3) is 4.58. The van der Waals surface area contributed by atoms with Crippen LogP contribution in [0.1, 0.15) is 11.1 Å². The summed E-state index contributed by atoms with van der Waals surface area (Å²) >= 11 is 5.08. The van der Waals surface area contributed by atoms with Gasteiger partial charge < -0.3 is 10.6 Å². The van der Waals surface area contributed by atoms with Crippen molar-refractivity contribution >= 4 is 34.6 Å². The molecule has 0 aliphatic heterocycles. The standard InChI is InChI=1S/C16H15N3O3S/c1-11-13(8-5-9-14(11)19(21)22)17-16(23)18-15(20)10-12-6-3-2-4-7-12/h2-9H,10H2,1H3,(H2,17,18,20,23). The van der Waals surface area contributed by atoms with Gasteiger partial charge in [-0.1, -0.05) is 36.4 Å². The van der Waals surface area contributed by atoms with Crippen LogP contribution in [0.5, 0.6) is 0 Å². The predicted molar refractivity (Wildman–Crippen MR) is 92.3 cm³/mol. The van der Waals surface area contributed by atoms with E-state index in [-0.39, 0.29) is 23.1 Å². The molecular weight excluding hydrogens is 314 g/mol. The molecule has 6 nitrogen and oxygen atoms in total. The highest BCUT2D eigenvalue weighted by Crippen LogP contribution is 2.24. The summed E-state index contributed by atoms with van der Waals surface area (Å²) in [6.07, 6.45) is 0.205. The van der Waals surface area contributed by atoms with E-state index < -0.39 is 4.92 Å². The van der Waals surface area contributed by atoms with Crippen LogP contribution in [0, 0.1) is 17.0 Å². The topological polar surface area (TPSA) is 84.3 Å². The molecule has 7 heteroatoms. The van der Waals surface area contributed by atoms with Crippen LogP contribution < -0.4 is 10.6 Å². The number of thiocarbonyl (C=S) groups is 1. The number of amides is 1. The van der Waals surface area contributed by atoms with Crippen LogP contribution in [0.2, 0.25) is 0 Å². The predicted octanol–water partition coefficient (Wildman–Crippen LogP) is 2.96. The van der Waals surface area contributed by atoms with Crippen LogP contribution in [0.25, 0.3) is 0 Å². The van der Waals surface area contributed by atoms with Crippen molar-refractivity contribution in [2.24, 2.45) is 0 Å². The van der Waals surface area contributed by atoms with E-state index in [1.165, 1.54) is 6.07 Å². The maximum Gasteiger partial charge on any atom is 0.274 e. The molecule has 2 rings (SSSR count). The molecule has 0 saturated heterocycles. The van der Waals surface area contributed by atoms with Crippen LogP contribution in [-0.2, 0) is 11.2 Å². The molecule has 2 aromatic carbocycles. The molecule has 1 amide bonds. The second kappa shape index (κ2) is 7.46. The number of carbonyl (C=O) groups excluding carboxylic acids is 1. The Bertz CT molecular complexity index is 747. The Hall–Kier alpha value is -2.80. The van der Waals surface area contributed by atoms with Gasteiger partial charge >= 0.3 is 0 Å². The Morgan fingerprint density at radius 2 is 1.87 bits per heavy atom. The summed E-state index contributed by atoms with van der Waals surface area (Å²) in [6.45, 7) is 1.62. The number of anilines is 1. The third-order valence-corrected chi connectivity index (χ3v) is 3.41. The van der Waals surface area contributed by atoms with Crippen LogP contribution in [0.3, 0.4) is 0 Å². The molecule has 0 bridgehead atoms. The van der Waals surface area contributed by atoms with Crippen molar-refractivity contribution in [1.82, 2.24) is 5.32 Å². The van der Waals surface area contributed by atoms with Gasteiger partial charge in [-0.05, 0) is 30.8 Å². The zero-order valence-electron chi connectivity index (χ0n) is 12.4. The first-order chi connectivity index (χ1) is 11.0. The van der Waals surface area contributed by atoms with E-state index in [1.54, 1.807) is 19.1 Å². The Balaban J connectivity index is 1.99. The number of benzene rings is 2. The Morgan fingerprint density at radius 1 is 1.17 bits per heavy atom. The molecule has 0 heterocycles. The van der Waals surface area contributed by atoms with E-state index in [4.69, 9.17) is 12.2 Å². The smallest absolute Gasteiger partial charge is 0.274 e. The van der Waals surface area contributed by atoms with Crippen molar-refractivity contribution in [2.75, 3.05) is 5.32 Å². The first-order valence-corrected chi connectivity index (χ1v) is 7.27. The van der Waals surface area contributed by atoms with Crippen molar-refractivity contribution in [1.29, 1.82) is 0 Å². The minimum Gasteiger partial charge on any atom is -0.332 e. The summed E-state index contributed by atoms with van der Waals surface area (Å²) in [7, 11) is 0. The largest absolute Gasteiger partial charge is 0.332 e. The van der Waals surface area contributed by atoms with Gasteiger partial charge in [0.05, 0.1) is 22.6 Å². The van der Waals surface area contributed by atoms with Crippen molar-refractivity contribution in [3.8, 4) is 0 Å². The second-order valence-electron chi connectivity index (χ2n) is 4.87. The van der Waals surface area contributed by atoms with Crippen LogP contribution in [0.15, 0.2) is 48.5 Å². The minimum atomic E-state index is -0.461. The number of rotatable bonds is 4. The molecule has 0 aliphatic carbocycles. The minimum absolute atomic E-state index is 0.00610. The van der Waals surface area contributed by atoms with Gasteiger partial charge in [0, 0.05) is 6.07 Å². The molecule has 0 spiro atoms. The monoisotopic (exact) mass is 329 g/mol. The SMILES string of the molecule is Cc1c(NC(=S)NC(=O)Cc2ccccc2)cccc1[N+](=O)[O-]. The summed E-state index contributed by atoms with van der Waals surface area (Å²) in [5.41, 5.74) is 1.81. The fourth-order valence-corrected chi connectivity index (χ4v) is 2.29. The molecule has 0 radical (unpaired) electrons. The summed E-state index contributed by atoms with van der Waals surface area (Å²) in [5, 5.41) is 16.4. The van der Waals surface area contributed by atoms with Gasteiger partial charge in [-0.3, -0.25) is 14.9 Å². The third-order valence-electron chi connectivity index (χ3n) is 3.21. The number of nitrogens with one attached hydrogen (secondary N) is 2. The van der Waals surface area contributed by atoms with E-state index in [0.29, 0.717) is 11.3 Å². The Labute approximate surface area is 138 Å². The highest BCUT2D eigenvalue weighted by atomic mass is 32.1. The number of hydrogen-bond donors (Lipinski definition) is 2. The van der Waals surface area contributed by atoms with Gasteiger partial charge in [0.15, 0.2) is 5.11 Å². The second-order valence-corrected chi connectivity index (χ2v) is 5.28. The van der Waals surface area contributed by atoms with Crippen molar-refractivity contribution in [3.63, 3.8) is 0 Å². The van der Waals surface area contributed by atoms with Crippen molar-refractivity contribution in [3.05, 3.63) is 69.8 Å². The summed E-state index contributed by atoms with van der Waals surface area (Å²) in [5.74, 6) is -0.253. The molecule has 0 saturated carbocycles. The number of nitro groups is 1. The van der Waals surface area contributed by atoms with Crippen LogP contribution >= 0.6 is 12.2 Å². The molecule has 118 valence electrons. The lowest BCUT2D eigenvalue weighted by molar-refractivity contribution is -0.385. The molecular formula is C16H15N3O3S. The van der Waals surface area contributed by atoms with Gasteiger partial charge in [0.1, 0.15) is 0 Å². The van der Waals surface area contributed by atoms with Gasteiger partial charge in [0.2, 0.25) is 5.91 Å². The molecule has 2 N–H and O–H groups in total. The highest BCUT2D eigenvalue weighted by Gasteiger charge is 2.14. The number of hydrogen-bond acceptors (Lipinski definition) is 4. The zero-order chi connectivity index (χ0) is 16.8. The highest BCUT2D eigenvalue weighted by molar-refractivity contribution is 7.80. The maximum absolute atomic E-state index is 11.9. The molecule has 0 aliphatic rings. The Kier molecular flexibility index (Phi) is 5.37. The van der Waals surface area contributed by atoms with Gasteiger partial charge in [0.25, 0.3) is 5.69 Å². The van der Waals surface area contributed by atoms with Crippen molar-refractivity contribution in [2.45, 2.75) is 13.3 Å². The first-order valence-electron chi connectivity index (χ1n) is 6.86. The molecule has 2 aromatic rings. The van der Waals surface area contributed by atoms with Crippen LogP contribution in [-0.4, -0.2) is 15.9 Å². The summed E-state index contributed by atoms with van der Waals surface area (Å²) in [6, 6.07) is 13.9.